The first-order valence-electron chi connectivity index (χ1n) is 5.63. The molecule has 1 atom stereocenters. The Bertz CT molecular complexity index is 383. The lowest BCUT2D eigenvalue weighted by Crippen LogP contribution is -2.41. The highest BCUT2D eigenvalue weighted by Gasteiger charge is 2.42. The Morgan fingerprint density at radius 3 is 2.75 bits per heavy atom. The maximum absolute atomic E-state index is 12.0. The molecule has 0 unspecified atom stereocenters. The summed E-state index contributed by atoms with van der Waals surface area (Å²) in [4.78, 5) is 12.0. The molecule has 16 heavy (non-hydrogen) atoms. The smallest absolute Gasteiger partial charge is 0.316 e. The number of allylic oxidation sites excluding steroid dienone is 1. The van der Waals surface area contributed by atoms with Gasteiger partial charge in [-0.1, -0.05) is 36.4 Å². The van der Waals surface area contributed by atoms with Gasteiger partial charge in [-0.3, -0.25) is 4.79 Å². The number of esters is 1. The predicted octanol–water partition coefficient (Wildman–Crippen LogP) is 2.84. The number of carbonyl (C=O) groups is 1. The summed E-state index contributed by atoms with van der Waals surface area (Å²) in [6.07, 6.45) is 4.23. The van der Waals surface area contributed by atoms with Crippen LogP contribution in [0.15, 0.2) is 43.0 Å². The quantitative estimate of drug-likeness (QED) is 0.573. The van der Waals surface area contributed by atoms with E-state index >= 15 is 0 Å². The van der Waals surface area contributed by atoms with E-state index in [1.165, 1.54) is 0 Å². The fourth-order valence-corrected chi connectivity index (χ4v) is 2.35. The molecule has 1 heterocycles. The van der Waals surface area contributed by atoms with Gasteiger partial charge in [0.05, 0.1) is 12.0 Å². The van der Waals surface area contributed by atoms with Crippen LogP contribution in [-0.4, -0.2) is 12.6 Å². The first kappa shape index (κ1) is 10.9. The molecule has 1 aliphatic heterocycles. The average Bonchev–Trinajstić information content (AvgIpc) is 2.34. The van der Waals surface area contributed by atoms with Crippen molar-refractivity contribution in [2.75, 3.05) is 6.61 Å². The summed E-state index contributed by atoms with van der Waals surface area (Å²) in [7, 11) is 0. The SMILES string of the molecule is C=CC[C@]1(c2ccccc2)CCCOC1=O. The van der Waals surface area contributed by atoms with Gasteiger partial charge in [-0.25, -0.2) is 0 Å². The molecule has 1 aromatic rings. The third kappa shape index (κ3) is 1.75. The average molecular weight is 216 g/mol. The molecule has 1 fully saturated rings. The van der Waals surface area contributed by atoms with Crippen LogP contribution >= 0.6 is 0 Å². The fourth-order valence-electron chi connectivity index (χ4n) is 2.35. The van der Waals surface area contributed by atoms with Gasteiger partial charge in [0.1, 0.15) is 0 Å². The highest BCUT2D eigenvalue weighted by Crippen LogP contribution is 2.37. The van der Waals surface area contributed by atoms with Crippen LogP contribution in [0.2, 0.25) is 0 Å². The van der Waals surface area contributed by atoms with Gasteiger partial charge >= 0.3 is 5.97 Å². The topological polar surface area (TPSA) is 26.3 Å². The molecule has 0 bridgehead atoms. The molecule has 2 nitrogen and oxygen atoms in total. The van der Waals surface area contributed by atoms with Crippen molar-refractivity contribution in [3.8, 4) is 0 Å². The van der Waals surface area contributed by atoms with Crippen LogP contribution in [0.25, 0.3) is 0 Å². The van der Waals surface area contributed by atoms with Gasteiger partial charge in [0, 0.05) is 0 Å². The van der Waals surface area contributed by atoms with Crippen molar-refractivity contribution >= 4 is 5.97 Å². The third-order valence-electron chi connectivity index (χ3n) is 3.19. The standard InChI is InChI=1S/C14H16O2/c1-2-9-14(10-6-11-16-13(14)15)12-7-4-3-5-8-12/h2-5,7-8H,1,6,9-11H2/t14-/m1/s1. The van der Waals surface area contributed by atoms with Crippen molar-refractivity contribution in [2.45, 2.75) is 24.7 Å². The van der Waals surface area contributed by atoms with Gasteiger partial charge < -0.3 is 4.74 Å². The van der Waals surface area contributed by atoms with E-state index in [1.54, 1.807) is 6.08 Å². The van der Waals surface area contributed by atoms with E-state index in [-0.39, 0.29) is 5.97 Å². The molecular weight excluding hydrogens is 200 g/mol. The number of hydrogen-bond donors (Lipinski definition) is 0. The van der Waals surface area contributed by atoms with Crippen molar-refractivity contribution in [2.24, 2.45) is 0 Å². The number of benzene rings is 1. The van der Waals surface area contributed by atoms with Crippen LogP contribution in [0.3, 0.4) is 0 Å². The Morgan fingerprint density at radius 1 is 1.38 bits per heavy atom. The maximum atomic E-state index is 12.0. The molecular formula is C14H16O2. The molecule has 2 heteroatoms. The van der Waals surface area contributed by atoms with Crippen LogP contribution in [-0.2, 0) is 14.9 Å². The second-order valence-corrected chi connectivity index (χ2v) is 4.18. The van der Waals surface area contributed by atoms with Gasteiger partial charge in [0.15, 0.2) is 0 Å². The number of hydrogen-bond acceptors (Lipinski definition) is 2. The van der Waals surface area contributed by atoms with Crippen LogP contribution in [0.5, 0.6) is 0 Å². The lowest BCUT2D eigenvalue weighted by atomic mass is 9.73. The Morgan fingerprint density at radius 2 is 2.12 bits per heavy atom. The number of ether oxygens (including phenoxy) is 1. The molecule has 0 spiro atoms. The molecule has 0 N–H and O–H groups in total. The normalized spacial score (nSPS) is 24.9. The highest BCUT2D eigenvalue weighted by atomic mass is 16.5. The molecule has 84 valence electrons. The van der Waals surface area contributed by atoms with Crippen LogP contribution in [0, 0.1) is 0 Å². The van der Waals surface area contributed by atoms with Crippen molar-refractivity contribution in [3.63, 3.8) is 0 Å². The molecule has 0 saturated carbocycles. The van der Waals surface area contributed by atoms with Crippen molar-refractivity contribution in [1.29, 1.82) is 0 Å². The van der Waals surface area contributed by atoms with E-state index in [1.807, 2.05) is 30.3 Å². The Kier molecular flexibility index (Phi) is 3.09. The first-order valence-corrected chi connectivity index (χ1v) is 5.63. The summed E-state index contributed by atoms with van der Waals surface area (Å²) in [6, 6.07) is 9.87. The minimum atomic E-state index is -0.499. The third-order valence-corrected chi connectivity index (χ3v) is 3.19. The van der Waals surface area contributed by atoms with Crippen LogP contribution in [0.1, 0.15) is 24.8 Å². The molecule has 0 radical (unpaired) electrons. The van der Waals surface area contributed by atoms with E-state index in [9.17, 15) is 4.79 Å². The second-order valence-electron chi connectivity index (χ2n) is 4.18. The van der Waals surface area contributed by atoms with Crippen molar-refractivity contribution in [3.05, 3.63) is 48.6 Å². The molecule has 1 saturated heterocycles. The molecule has 2 rings (SSSR count). The maximum Gasteiger partial charge on any atom is 0.316 e. The minimum Gasteiger partial charge on any atom is -0.465 e. The van der Waals surface area contributed by atoms with E-state index in [2.05, 4.69) is 6.58 Å². The van der Waals surface area contributed by atoms with Gasteiger partial charge in [-0.2, -0.15) is 0 Å². The zero-order chi connectivity index (χ0) is 11.4. The van der Waals surface area contributed by atoms with Gasteiger partial charge in [-0.05, 0) is 24.8 Å². The minimum absolute atomic E-state index is 0.107. The van der Waals surface area contributed by atoms with E-state index in [0.717, 1.165) is 18.4 Å². The highest BCUT2D eigenvalue weighted by molar-refractivity contribution is 5.84. The Labute approximate surface area is 95.9 Å². The summed E-state index contributed by atoms with van der Waals surface area (Å²) in [5.74, 6) is -0.107. The van der Waals surface area contributed by atoms with E-state index in [0.29, 0.717) is 13.0 Å². The summed E-state index contributed by atoms with van der Waals surface area (Å²) < 4.78 is 5.21. The van der Waals surface area contributed by atoms with E-state index in [4.69, 9.17) is 4.74 Å². The summed E-state index contributed by atoms with van der Waals surface area (Å²) in [5.41, 5.74) is 0.543. The van der Waals surface area contributed by atoms with Gasteiger partial charge in [0.2, 0.25) is 0 Å². The molecule has 0 amide bonds. The lowest BCUT2D eigenvalue weighted by Gasteiger charge is -2.34. The van der Waals surface area contributed by atoms with Gasteiger partial charge in [-0.15, -0.1) is 6.58 Å². The van der Waals surface area contributed by atoms with Crippen molar-refractivity contribution < 1.29 is 9.53 Å². The molecule has 0 aliphatic carbocycles. The number of cyclic esters (lactones) is 1. The number of carbonyl (C=O) groups excluding carboxylic acids is 1. The van der Waals surface area contributed by atoms with Crippen LogP contribution in [0.4, 0.5) is 0 Å². The molecule has 1 aromatic carbocycles. The fraction of sp³-hybridized carbons (Fsp3) is 0.357. The Hall–Kier alpha value is -1.57. The predicted molar refractivity (Wildman–Crippen MR) is 63.1 cm³/mol. The second kappa shape index (κ2) is 4.52. The molecule has 0 aromatic heterocycles. The summed E-state index contributed by atoms with van der Waals surface area (Å²) >= 11 is 0. The summed E-state index contributed by atoms with van der Waals surface area (Å²) in [5, 5.41) is 0. The Balaban J connectivity index is 2.41. The van der Waals surface area contributed by atoms with Crippen molar-refractivity contribution in [1.82, 2.24) is 0 Å². The lowest BCUT2D eigenvalue weighted by molar-refractivity contribution is -0.155. The summed E-state index contributed by atoms with van der Waals surface area (Å²) in [6.45, 7) is 4.30. The zero-order valence-corrected chi connectivity index (χ0v) is 9.32. The van der Waals surface area contributed by atoms with E-state index < -0.39 is 5.41 Å². The number of rotatable bonds is 3. The monoisotopic (exact) mass is 216 g/mol. The van der Waals surface area contributed by atoms with Crippen LogP contribution < -0.4 is 0 Å². The van der Waals surface area contributed by atoms with Gasteiger partial charge in [0.25, 0.3) is 0 Å². The zero-order valence-electron chi connectivity index (χ0n) is 9.32. The molecule has 1 aliphatic rings. The first-order chi connectivity index (χ1) is 7.79. The largest absolute Gasteiger partial charge is 0.465 e.